The molecule has 0 bridgehead atoms. The molecule has 2 aromatic carbocycles. The number of hydrogen-bond acceptors (Lipinski definition) is 4. The van der Waals surface area contributed by atoms with Crippen LogP contribution < -0.4 is 10.9 Å². The number of aromatic nitrogens is 4. The molecule has 0 atom stereocenters. The van der Waals surface area contributed by atoms with Crippen LogP contribution in [0.15, 0.2) is 71.7 Å². The van der Waals surface area contributed by atoms with Gasteiger partial charge in [0, 0.05) is 52.2 Å². The van der Waals surface area contributed by atoms with Crippen molar-refractivity contribution in [2.45, 2.75) is 13.8 Å². The van der Waals surface area contributed by atoms with Gasteiger partial charge in [-0.3, -0.25) is 14.9 Å². The molecular weight excluding hydrogens is 434 g/mol. The van der Waals surface area contributed by atoms with Gasteiger partial charge in [0.25, 0.3) is 5.56 Å². The molecule has 0 saturated heterocycles. The van der Waals surface area contributed by atoms with Crippen LogP contribution in [0.25, 0.3) is 33.3 Å². The molecule has 3 aromatic heterocycles. The van der Waals surface area contributed by atoms with Gasteiger partial charge >= 0.3 is 0 Å². The maximum atomic E-state index is 13.2. The summed E-state index contributed by atoms with van der Waals surface area (Å²) < 4.78 is 1.68. The molecule has 0 fully saturated rings. The van der Waals surface area contributed by atoms with E-state index in [1.165, 1.54) is 0 Å². The predicted octanol–water partition coefficient (Wildman–Crippen LogP) is 6.00. The van der Waals surface area contributed by atoms with E-state index in [1.54, 1.807) is 11.6 Å². The second-order valence-corrected chi connectivity index (χ2v) is 8.58. The number of aromatic amines is 1. The number of anilines is 2. The van der Waals surface area contributed by atoms with Gasteiger partial charge in [0.2, 0.25) is 0 Å². The van der Waals surface area contributed by atoms with Crippen molar-refractivity contribution in [1.29, 1.82) is 0 Å². The minimum absolute atomic E-state index is 0.0450. The Morgan fingerprint density at radius 2 is 1.85 bits per heavy atom. The van der Waals surface area contributed by atoms with Crippen molar-refractivity contribution < 1.29 is 0 Å². The van der Waals surface area contributed by atoms with Gasteiger partial charge < -0.3 is 9.88 Å². The fourth-order valence-corrected chi connectivity index (χ4v) is 4.18. The van der Waals surface area contributed by atoms with Crippen LogP contribution in [0.2, 0.25) is 5.02 Å². The lowest BCUT2D eigenvalue weighted by molar-refractivity contribution is 0.905. The Balaban J connectivity index is 1.52. The van der Waals surface area contributed by atoms with Crippen LogP contribution in [-0.2, 0) is 7.05 Å². The van der Waals surface area contributed by atoms with Gasteiger partial charge in [0.05, 0.1) is 11.2 Å². The van der Waals surface area contributed by atoms with Gasteiger partial charge in [-0.2, -0.15) is 5.10 Å². The Hall–Kier alpha value is -3.90. The maximum absolute atomic E-state index is 13.2. The Morgan fingerprint density at radius 3 is 2.67 bits per heavy atom. The first kappa shape index (κ1) is 21.0. The van der Waals surface area contributed by atoms with E-state index in [0.717, 1.165) is 44.7 Å². The zero-order chi connectivity index (χ0) is 23.1. The smallest absolute Gasteiger partial charge is 0.258 e. The lowest BCUT2D eigenvalue weighted by Gasteiger charge is -2.13. The van der Waals surface area contributed by atoms with Crippen molar-refractivity contribution in [1.82, 2.24) is 19.7 Å². The Labute approximate surface area is 195 Å². The fourth-order valence-electron chi connectivity index (χ4n) is 3.99. The molecule has 2 N–H and O–H groups in total. The summed E-state index contributed by atoms with van der Waals surface area (Å²) in [6, 6.07) is 19.3. The first-order chi connectivity index (χ1) is 15.9. The van der Waals surface area contributed by atoms with Crippen LogP contribution in [0.3, 0.4) is 0 Å². The summed E-state index contributed by atoms with van der Waals surface area (Å²) in [5.74, 6) is 0.672. The highest BCUT2D eigenvalue weighted by Gasteiger charge is 2.13. The summed E-state index contributed by atoms with van der Waals surface area (Å²) in [7, 11) is 1.80. The molecular formula is C26H22ClN5O. The molecule has 0 aliphatic rings. The van der Waals surface area contributed by atoms with E-state index >= 15 is 0 Å². The van der Waals surface area contributed by atoms with Crippen LogP contribution in [-0.4, -0.2) is 19.7 Å². The molecule has 5 aromatic rings. The number of rotatable bonds is 4. The van der Waals surface area contributed by atoms with Crippen LogP contribution >= 0.6 is 11.6 Å². The van der Waals surface area contributed by atoms with Crippen LogP contribution in [0, 0.1) is 13.8 Å². The molecule has 3 heterocycles. The van der Waals surface area contributed by atoms with E-state index in [9.17, 15) is 4.79 Å². The number of fused-ring (bicyclic) bond motifs is 1. The topological polar surface area (TPSA) is 75.6 Å². The maximum Gasteiger partial charge on any atom is 0.258 e. The van der Waals surface area contributed by atoms with Crippen molar-refractivity contribution >= 4 is 34.0 Å². The van der Waals surface area contributed by atoms with Gasteiger partial charge in [0.1, 0.15) is 0 Å². The number of aryl methyl sites for hydroxylation is 3. The summed E-state index contributed by atoms with van der Waals surface area (Å²) in [5, 5.41) is 12.3. The largest absolute Gasteiger partial charge is 0.339 e. The highest BCUT2D eigenvalue weighted by Crippen LogP contribution is 2.29. The monoisotopic (exact) mass is 455 g/mol. The number of benzene rings is 2. The van der Waals surface area contributed by atoms with Crippen molar-refractivity contribution in [3.63, 3.8) is 0 Å². The molecule has 0 saturated carbocycles. The van der Waals surface area contributed by atoms with Gasteiger partial charge in [-0.25, -0.2) is 0 Å². The average Bonchev–Trinajstić information content (AvgIpc) is 3.27. The second-order valence-electron chi connectivity index (χ2n) is 8.14. The predicted molar refractivity (Wildman–Crippen MR) is 134 cm³/mol. The second kappa shape index (κ2) is 8.22. The van der Waals surface area contributed by atoms with E-state index in [-0.39, 0.29) is 5.56 Å². The molecule has 7 heteroatoms. The van der Waals surface area contributed by atoms with Gasteiger partial charge in [-0.1, -0.05) is 29.8 Å². The number of hydrogen-bond donors (Lipinski definition) is 2. The highest BCUT2D eigenvalue weighted by molar-refractivity contribution is 6.30. The van der Waals surface area contributed by atoms with E-state index in [0.29, 0.717) is 16.4 Å². The number of nitrogens with zero attached hydrogens (tertiary/aromatic N) is 3. The standard InChI is InChI=1S/C26H22ClN5O/c1-15-7-8-20(29-25-13-23(30-31-25)17-5-4-6-19(27)10-17)12-21(15)22-11-18-14-28-16(2)9-24(18)32(3)26(22)33/h4-14H,1-3H3,(H2,29,30,31). The van der Waals surface area contributed by atoms with Crippen LogP contribution in [0.5, 0.6) is 0 Å². The third kappa shape index (κ3) is 4.01. The Morgan fingerprint density at radius 1 is 1.00 bits per heavy atom. The first-order valence-electron chi connectivity index (χ1n) is 10.5. The first-order valence-corrected chi connectivity index (χ1v) is 10.9. The minimum atomic E-state index is -0.0450. The van der Waals surface area contributed by atoms with Gasteiger partial charge in [0.15, 0.2) is 5.82 Å². The van der Waals surface area contributed by atoms with Gasteiger partial charge in [-0.15, -0.1) is 0 Å². The molecule has 6 nitrogen and oxygen atoms in total. The SMILES string of the molecule is Cc1cc2c(cn1)cc(-c1cc(Nc3cc(-c4cccc(Cl)c4)[nH]n3)ccc1C)c(=O)n2C. The molecule has 164 valence electrons. The number of halogens is 1. The van der Waals surface area contributed by atoms with Crippen molar-refractivity contribution in [3.8, 4) is 22.4 Å². The van der Waals surface area contributed by atoms with Crippen LogP contribution in [0.1, 0.15) is 11.3 Å². The molecule has 33 heavy (non-hydrogen) atoms. The van der Waals surface area contributed by atoms with E-state index in [2.05, 4.69) is 20.5 Å². The highest BCUT2D eigenvalue weighted by atomic mass is 35.5. The summed E-state index contributed by atoms with van der Waals surface area (Å²) >= 11 is 6.11. The van der Waals surface area contributed by atoms with Crippen molar-refractivity contribution in [2.24, 2.45) is 7.05 Å². The third-order valence-electron chi connectivity index (χ3n) is 5.76. The molecule has 0 amide bonds. The molecule has 0 aliphatic heterocycles. The molecule has 0 radical (unpaired) electrons. The Bertz CT molecular complexity index is 1570. The lowest BCUT2D eigenvalue weighted by atomic mass is 9.99. The molecule has 5 rings (SSSR count). The van der Waals surface area contributed by atoms with E-state index in [4.69, 9.17) is 11.6 Å². The average molecular weight is 456 g/mol. The fraction of sp³-hybridized carbons (Fsp3) is 0.115. The third-order valence-corrected chi connectivity index (χ3v) is 5.99. The zero-order valence-corrected chi connectivity index (χ0v) is 19.2. The van der Waals surface area contributed by atoms with Crippen LogP contribution in [0.4, 0.5) is 11.5 Å². The lowest BCUT2D eigenvalue weighted by Crippen LogP contribution is -2.19. The summed E-state index contributed by atoms with van der Waals surface area (Å²) in [4.78, 5) is 17.6. The summed E-state index contributed by atoms with van der Waals surface area (Å²) in [6.07, 6.45) is 1.81. The number of pyridine rings is 2. The van der Waals surface area contributed by atoms with Crippen molar-refractivity contribution in [3.05, 3.63) is 93.5 Å². The van der Waals surface area contributed by atoms with Gasteiger partial charge in [-0.05, 0) is 61.4 Å². The van der Waals surface area contributed by atoms with Crippen molar-refractivity contribution in [2.75, 3.05) is 5.32 Å². The zero-order valence-electron chi connectivity index (χ0n) is 18.5. The normalized spacial score (nSPS) is 11.2. The van der Waals surface area contributed by atoms with E-state index in [1.807, 2.05) is 80.7 Å². The molecule has 0 aliphatic carbocycles. The minimum Gasteiger partial charge on any atom is -0.339 e. The summed E-state index contributed by atoms with van der Waals surface area (Å²) in [6.45, 7) is 3.92. The number of H-pyrrole nitrogens is 1. The molecule has 0 spiro atoms. The molecule has 0 unspecified atom stereocenters. The van der Waals surface area contributed by atoms with E-state index < -0.39 is 0 Å². The summed E-state index contributed by atoms with van der Waals surface area (Å²) in [5.41, 5.74) is 6.87. The Kier molecular flexibility index (Phi) is 5.23. The quantitative estimate of drug-likeness (QED) is 0.348. The number of nitrogens with one attached hydrogen (secondary N) is 2.